The number of aliphatic carboxylic acids is 1. The molecule has 0 aliphatic carbocycles. The first-order valence-electron chi connectivity index (χ1n) is 5.57. The Bertz CT molecular complexity index is 390. The Balaban J connectivity index is 2.61. The lowest BCUT2D eigenvalue weighted by Crippen LogP contribution is -2.05. The van der Waals surface area contributed by atoms with E-state index in [1.54, 1.807) is 7.11 Å². The van der Waals surface area contributed by atoms with Crippen LogP contribution in [0.2, 0.25) is 0 Å². The lowest BCUT2D eigenvalue weighted by atomic mass is 9.98. The highest BCUT2D eigenvalue weighted by Gasteiger charge is 2.10. The van der Waals surface area contributed by atoms with E-state index in [1.807, 2.05) is 25.1 Å². The summed E-state index contributed by atoms with van der Waals surface area (Å²) in [6.07, 6.45) is 1.90. The van der Waals surface area contributed by atoms with Crippen molar-refractivity contribution < 1.29 is 14.6 Å². The molecule has 0 aliphatic rings. The van der Waals surface area contributed by atoms with E-state index in [-0.39, 0.29) is 12.3 Å². The normalized spacial score (nSPS) is 12.2. The second-order valence-corrected chi connectivity index (χ2v) is 5.11. The van der Waals surface area contributed by atoms with E-state index < -0.39 is 5.97 Å². The van der Waals surface area contributed by atoms with Gasteiger partial charge in [-0.15, -0.1) is 0 Å². The molecule has 0 aromatic heterocycles. The summed E-state index contributed by atoms with van der Waals surface area (Å²) in [5.41, 5.74) is 1.11. The lowest BCUT2D eigenvalue weighted by Gasteiger charge is -2.11. The first kappa shape index (κ1) is 14.0. The summed E-state index contributed by atoms with van der Waals surface area (Å²) in [7, 11) is 1.65. The van der Waals surface area contributed by atoms with Gasteiger partial charge in [-0.1, -0.05) is 22.9 Å². The molecule has 0 radical (unpaired) electrons. The summed E-state index contributed by atoms with van der Waals surface area (Å²) in [4.78, 5) is 10.6. The van der Waals surface area contributed by atoms with E-state index in [0.717, 1.165) is 28.6 Å². The highest BCUT2D eigenvalue weighted by atomic mass is 79.9. The number of carboxylic acids is 1. The van der Waals surface area contributed by atoms with Crippen LogP contribution in [0.5, 0.6) is 5.75 Å². The lowest BCUT2D eigenvalue weighted by molar-refractivity contribution is -0.138. The molecular formula is C13H17BrO3. The molecule has 1 atom stereocenters. The molecular weight excluding hydrogens is 284 g/mol. The van der Waals surface area contributed by atoms with Crippen LogP contribution >= 0.6 is 15.9 Å². The zero-order valence-electron chi connectivity index (χ0n) is 10.1. The van der Waals surface area contributed by atoms with Gasteiger partial charge in [0.25, 0.3) is 0 Å². The van der Waals surface area contributed by atoms with E-state index in [1.165, 1.54) is 0 Å². The fraction of sp³-hybridized carbons (Fsp3) is 0.462. The summed E-state index contributed by atoms with van der Waals surface area (Å²) < 4.78 is 6.29. The summed E-state index contributed by atoms with van der Waals surface area (Å²) in [6.45, 7) is 1.96. The third-order valence-corrected chi connectivity index (χ3v) is 3.17. The second-order valence-electron chi connectivity index (χ2n) is 4.20. The first-order chi connectivity index (χ1) is 8.02. The van der Waals surface area contributed by atoms with Crippen LogP contribution in [0.25, 0.3) is 0 Å². The Morgan fingerprint density at radius 1 is 1.53 bits per heavy atom. The largest absolute Gasteiger partial charge is 0.496 e. The highest BCUT2D eigenvalue weighted by molar-refractivity contribution is 9.10. The van der Waals surface area contributed by atoms with Gasteiger partial charge in [0.05, 0.1) is 7.11 Å². The summed E-state index contributed by atoms with van der Waals surface area (Å²) in [6, 6.07) is 5.87. The Morgan fingerprint density at radius 2 is 2.24 bits per heavy atom. The van der Waals surface area contributed by atoms with Gasteiger partial charge in [-0.05, 0) is 42.5 Å². The summed E-state index contributed by atoms with van der Waals surface area (Å²) in [5, 5.41) is 8.69. The van der Waals surface area contributed by atoms with Crippen LogP contribution in [-0.2, 0) is 11.2 Å². The zero-order chi connectivity index (χ0) is 12.8. The molecule has 94 valence electrons. The molecule has 0 heterocycles. The Hall–Kier alpha value is -1.03. The molecule has 1 unspecified atom stereocenters. The Kier molecular flexibility index (Phi) is 5.48. The predicted molar refractivity (Wildman–Crippen MR) is 70.4 cm³/mol. The monoisotopic (exact) mass is 300 g/mol. The minimum atomic E-state index is -0.737. The van der Waals surface area contributed by atoms with Gasteiger partial charge in [0, 0.05) is 10.9 Å². The van der Waals surface area contributed by atoms with Crippen LogP contribution in [0.4, 0.5) is 0 Å². The molecule has 0 aliphatic heterocycles. The van der Waals surface area contributed by atoms with Crippen molar-refractivity contribution in [2.75, 3.05) is 7.11 Å². The number of ether oxygens (including phenoxy) is 1. The van der Waals surface area contributed by atoms with Crippen molar-refractivity contribution in [1.82, 2.24) is 0 Å². The zero-order valence-corrected chi connectivity index (χ0v) is 11.7. The maximum absolute atomic E-state index is 10.6. The van der Waals surface area contributed by atoms with Gasteiger partial charge in [0.15, 0.2) is 0 Å². The molecule has 0 saturated carbocycles. The van der Waals surface area contributed by atoms with Crippen molar-refractivity contribution in [3.05, 3.63) is 28.2 Å². The van der Waals surface area contributed by atoms with Crippen molar-refractivity contribution in [3.63, 3.8) is 0 Å². The molecule has 1 aromatic carbocycles. The Labute approximate surface area is 110 Å². The topological polar surface area (TPSA) is 46.5 Å². The van der Waals surface area contributed by atoms with Gasteiger partial charge in [0.2, 0.25) is 0 Å². The standard InChI is InChI=1S/C13H17BrO3/c1-9(7-13(15)16)3-4-10-8-11(14)5-6-12(10)17-2/h5-6,8-9H,3-4,7H2,1-2H3,(H,15,16). The van der Waals surface area contributed by atoms with Gasteiger partial charge >= 0.3 is 5.97 Å². The number of carbonyl (C=O) groups is 1. The minimum Gasteiger partial charge on any atom is -0.496 e. The highest BCUT2D eigenvalue weighted by Crippen LogP contribution is 2.25. The molecule has 17 heavy (non-hydrogen) atoms. The van der Waals surface area contributed by atoms with Gasteiger partial charge in [-0.2, -0.15) is 0 Å². The molecule has 4 heteroatoms. The number of benzene rings is 1. The molecule has 1 aromatic rings. The number of halogens is 1. The number of hydrogen-bond acceptors (Lipinski definition) is 2. The van der Waals surface area contributed by atoms with Gasteiger partial charge in [-0.3, -0.25) is 4.79 Å². The quantitative estimate of drug-likeness (QED) is 0.874. The number of methoxy groups -OCH3 is 1. The van der Waals surface area contributed by atoms with E-state index in [4.69, 9.17) is 9.84 Å². The molecule has 0 spiro atoms. The Morgan fingerprint density at radius 3 is 2.82 bits per heavy atom. The average Bonchev–Trinajstić information content (AvgIpc) is 2.25. The van der Waals surface area contributed by atoms with Gasteiger partial charge in [-0.25, -0.2) is 0 Å². The van der Waals surface area contributed by atoms with Crippen molar-refractivity contribution >= 4 is 21.9 Å². The molecule has 0 bridgehead atoms. The van der Waals surface area contributed by atoms with Crippen LogP contribution in [0.3, 0.4) is 0 Å². The van der Waals surface area contributed by atoms with Crippen LogP contribution in [0.15, 0.2) is 22.7 Å². The van der Waals surface area contributed by atoms with E-state index in [0.29, 0.717) is 0 Å². The van der Waals surface area contributed by atoms with Crippen LogP contribution in [-0.4, -0.2) is 18.2 Å². The molecule has 1 rings (SSSR count). The van der Waals surface area contributed by atoms with Crippen LogP contribution < -0.4 is 4.74 Å². The van der Waals surface area contributed by atoms with Crippen molar-refractivity contribution in [2.24, 2.45) is 5.92 Å². The predicted octanol–water partition coefficient (Wildman–Crippen LogP) is 3.50. The number of hydrogen-bond donors (Lipinski definition) is 1. The summed E-state index contributed by atoms with van der Waals surface area (Å²) >= 11 is 3.42. The van der Waals surface area contributed by atoms with E-state index in [9.17, 15) is 4.79 Å². The van der Waals surface area contributed by atoms with Crippen LogP contribution in [0.1, 0.15) is 25.3 Å². The van der Waals surface area contributed by atoms with E-state index in [2.05, 4.69) is 15.9 Å². The third kappa shape index (κ3) is 4.77. The average molecular weight is 301 g/mol. The van der Waals surface area contributed by atoms with Gasteiger partial charge < -0.3 is 9.84 Å². The van der Waals surface area contributed by atoms with Crippen molar-refractivity contribution in [3.8, 4) is 5.75 Å². The smallest absolute Gasteiger partial charge is 0.303 e. The number of rotatable bonds is 6. The SMILES string of the molecule is COc1ccc(Br)cc1CCC(C)CC(=O)O. The molecule has 3 nitrogen and oxygen atoms in total. The molecule has 0 fully saturated rings. The maximum atomic E-state index is 10.6. The third-order valence-electron chi connectivity index (χ3n) is 2.67. The number of aryl methyl sites for hydroxylation is 1. The van der Waals surface area contributed by atoms with Crippen LogP contribution in [0, 0.1) is 5.92 Å². The van der Waals surface area contributed by atoms with Crippen molar-refractivity contribution in [1.29, 1.82) is 0 Å². The fourth-order valence-corrected chi connectivity index (χ4v) is 2.15. The van der Waals surface area contributed by atoms with Gasteiger partial charge in [0.1, 0.15) is 5.75 Å². The van der Waals surface area contributed by atoms with E-state index >= 15 is 0 Å². The molecule has 1 N–H and O–H groups in total. The number of carboxylic acid groups (broad SMARTS) is 1. The second kappa shape index (κ2) is 6.64. The first-order valence-corrected chi connectivity index (χ1v) is 6.36. The maximum Gasteiger partial charge on any atom is 0.303 e. The molecule has 0 saturated heterocycles. The van der Waals surface area contributed by atoms with Crippen molar-refractivity contribution in [2.45, 2.75) is 26.2 Å². The fourth-order valence-electron chi connectivity index (χ4n) is 1.74. The summed E-state index contributed by atoms with van der Waals surface area (Å²) in [5.74, 6) is 0.297. The minimum absolute atomic E-state index is 0.177. The molecule has 0 amide bonds.